The lowest BCUT2D eigenvalue weighted by Crippen LogP contribution is -2.45. The number of esters is 2. The molecule has 0 amide bonds. The first-order valence-electron chi connectivity index (χ1n) is 25.4. The highest BCUT2D eigenvalue weighted by atomic mass is 32.1. The third-order valence-electron chi connectivity index (χ3n) is 13.4. The largest absolute Gasteiger partial charge is 0.542 e. The van der Waals surface area contributed by atoms with Crippen molar-refractivity contribution in [2.45, 2.75) is 68.4 Å². The molecule has 3 aliphatic rings. The number of hydrogen-bond donors (Lipinski definition) is 3. The van der Waals surface area contributed by atoms with Gasteiger partial charge < -0.3 is 67.8 Å². The van der Waals surface area contributed by atoms with Crippen molar-refractivity contribution in [3.8, 4) is 28.7 Å². The molecule has 0 saturated carbocycles. The van der Waals surface area contributed by atoms with Crippen molar-refractivity contribution in [1.82, 2.24) is 0 Å². The third-order valence-corrected chi connectivity index (χ3v) is 15.4. The van der Waals surface area contributed by atoms with Crippen LogP contribution >= 0.6 is 22.7 Å². The van der Waals surface area contributed by atoms with E-state index in [2.05, 4.69) is 14.1 Å². The maximum Gasteiger partial charge on any atom is 0.430 e. The van der Waals surface area contributed by atoms with Crippen molar-refractivity contribution in [2.75, 3.05) is 66.6 Å². The number of carboxylic acid groups (broad SMARTS) is 2. The number of thiophene rings is 2. The smallest absolute Gasteiger partial charge is 0.430 e. The van der Waals surface area contributed by atoms with Gasteiger partial charge in [-0.2, -0.15) is 26.3 Å². The molecule has 4 unspecified atom stereocenters. The summed E-state index contributed by atoms with van der Waals surface area (Å²) in [6, 6.07) is 36.9. The summed E-state index contributed by atoms with van der Waals surface area (Å²) in [5, 5.41) is 51.3. The van der Waals surface area contributed by atoms with Crippen molar-refractivity contribution < 1.29 is 104 Å². The summed E-state index contributed by atoms with van der Waals surface area (Å²) < 4.78 is 94.3. The summed E-state index contributed by atoms with van der Waals surface area (Å²) in [4.78, 5) is 45.3. The molecular weight excluding hydrogens is 1110 g/mol. The van der Waals surface area contributed by atoms with E-state index in [1.807, 2.05) is 102 Å². The maximum atomic E-state index is 13.4. The van der Waals surface area contributed by atoms with Gasteiger partial charge in [-0.3, -0.25) is 4.79 Å². The molecule has 6 aromatic rings. The van der Waals surface area contributed by atoms with Gasteiger partial charge in [0.2, 0.25) is 5.60 Å². The quantitative estimate of drug-likeness (QED) is 0.0355. The van der Waals surface area contributed by atoms with E-state index in [-0.39, 0.29) is 30.5 Å². The Labute approximate surface area is 470 Å². The molecule has 2 saturated heterocycles. The molecule has 0 spiro atoms. The van der Waals surface area contributed by atoms with E-state index >= 15 is 0 Å². The number of rotatable bonds is 17. The van der Waals surface area contributed by atoms with Crippen LogP contribution in [-0.4, -0.2) is 139 Å². The fraction of sp³-hybridized carbons (Fsp3) is 0.368. The van der Waals surface area contributed by atoms with E-state index in [1.165, 1.54) is 22.7 Å². The first kappa shape index (κ1) is 63.0. The van der Waals surface area contributed by atoms with Crippen molar-refractivity contribution in [3.63, 3.8) is 0 Å². The van der Waals surface area contributed by atoms with Crippen molar-refractivity contribution in [1.29, 1.82) is 0 Å². The van der Waals surface area contributed by atoms with Crippen LogP contribution in [0.2, 0.25) is 0 Å². The topological polar surface area (TPSA) is 221 Å². The molecule has 0 aliphatic carbocycles. The number of carboxylic acids is 2. The summed E-state index contributed by atoms with van der Waals surface area (Å²) in [5.41, 5.74) is 0.829. The molecule has 3 N–H and O–H groups in total. The van der Waals surface area contributed by atoms with Crippen LogP contribution in [0.1, 0.15) is 58.0 Å². The predicted molar refractivity (Wildman–Crippen MR) is 280 cm³/mol. The standard InChI is InChI=1S/C29H32NO5.C24H27NO5S2.2C2HF3O2/c1-30(16-6-18-33-22-13-11-21(20-31)12-14-22)17-15-23(19-30)34-29(32)28-24-7-2-4-9-26(24)35-27-10-5-3-8-25(27)28;1-25(11-5-13-29-19-7-2-6-18(26)16-19)12-10-20(17-25)30-23(27)24(28,21-8-3-14-31-21)22-9-4-15-32-22;2*3-2(4,5)1(6)7/h2-5,7-14,23,28,31H,6,15-20H2,1H3;2-4,6-9,14-16,20,28H,5,10-13,17H2,1H3;2*(H,6,7)/q+1;;;/p-1. The first-order chi connectivity index (χ1) is 38.3. The number of likely N-dealkylation sites (tertiary alicyclic amines) is 2. The fourth-order valence-corrected chi connectivity index (χ4v) is 11.0. The molecule has 16 nitrogen and oxygen atoms in total. The molecule has 5 heterocycles. The number of aliphatic hydroxyl groups is 2. The zero-order valence-corrected chi connectivity index (χ0v) is 45.6. The number of alkyl halides is 6. The van der Waals surface area contributed by atoms with Crippen molar-refractivity contribution in [2.24, 2.45) is 0 Å². The van der Waals surface area contributed by atoms with Crippen LogP contribution in [0.5, 0.6) is 28.7 Å². The number of ether oxygens (including phenoxy) is 5. The number of nitrogens with zero attached hydrogens (tertiary/aromatic N) is 2. The number of aliphatic hydroxyl groups excluding tert-OH is 1. The summed E-state index contributed by atoms with van der Waals surface area (Å²) >= 11 is 2.70. The lowest BCUT2D eigenvalue weighted by molar-refractivity contribution is -0.899. The number of carbonyl (C=O) groups is 4. The fourth-order valence-electron chi connectivity index (χ4n) is 9.32. The van der Waals surface area contributed by atoms with Gasteiger partial charge in [-0.05, 0) is 64.9 Å². The average Bonchev–Trinajstić information content (AvgIpc) is 4.40. The van der Waals surface area contributed by atoms with Gasteiger partial charge in [-0.15, -0.1) is 22.7 Å². The van der Waals surface area contributed by atoms with Crippen LogP contribution in [0.25, 0.3) is 0 Å². The Morgan fingerprint density at radius 1 is 0.642 bits per heavy atom. The summed E-state index contributed by atoms with van der Waals surface area (Å²) in [6.45, 7) is 6.48. The van der Waals surface area contributed by atoms with E-state index in [0.29, 0.717) is 46.8 Å². The molecule has 0 radical (unpaired) electrons. The molecular formula is C57H60F6N2O14S2. The second kappa shape index (κ2) is 28.0. The number of quaternary nitrogens is 2. The Morgan fingerprint density at radius 2 is 1.11 bits per heavy atom. The number of phenols is 1. The molecule has 24 heteroatoms. The minimum Gasteiger partial charge on any atom is -0.542 e. The number of carbonyl (C=O) groups excluding carboxylic acids is 4. The summed E-state index contributed by atoms with van der Waals surface area (Å²) in [7, 11) is 4.38. The Kier molecular flexibility index (Phi) is 21.7. The van der Waals surface area contributed by atoms with Gasteiger partial charge in [0, 0.05) is 42.9 Å². The molecule has 9 rings (SSSR count). The number of phenolic OH excluding ortho intramolecular Hbond substituents is 1. The SMILES string of the molecule is C[N+]1(CCCOc2ccc(CO)cc2)CCC(OC(=O)C2c3ccccc3Oc3ccccc32)C1.C[N+]1(CCCOc2cccc(O)c2)CCC(OC(=O)C(O)(c2cccs2)c2cccs2)C1.O=C([O-])C(F)(F)F.O=C([O-])C(F)(F)F. The van der Waals surface area contributed by atoms with Gasteiger partial charge in [0.15, 0.2) is 12.2 Å². The van der Waals surface area contributed by atoms with E-state index in [0.717, 1.165) is 89.8 Å². The van der Waals surface area contributed by atoms with E-state index in [9.17, 15) is 46.1 Å². The number of halogens is 6. The van der Waals surface area contributed by atoms with Gasteiger partial charge in [0.25, 0.3) is 0 Å². The molecule has 4 aromatic carbocycles. The van der Waals surface area contributed by atoms with Crippen LogP contribution < -0.4 is 24.4 Å². The number of likely N-dealkylation sites (N-methyl/N-ethyl adjacent to an activating group) is 2. The van der Waals surface area contributed by atoms with Crippen LogP contribution in [0.4, 0.5) is 26.3 Å². The molecule has 81 heavy (non-hydrogen) atoms. The molecule has 2 fully saturated rings. The van der Waals surface area contributed by atoms with Gasteiger partial charge in [-0.25, -0.2) is 4.79 Å². The average molecular weight is 1180 g/mol. The number of aliphatic carboxylic acids is 2. The normalized spacial score (nSPS) is 19.3. The minimum absolute atomic E-state index is 0.0371. The monoisotopic (exact) mass is 1170 g/mol. The van der Waals surface area contributed by atoms with Crippen molar-refractivity contribution in [3.05, 3.63) is 159 Å². The second-order valence-electron chi connectivity index (χ2n) is 19.7. The first-order valence-corrected chi connectivity index (χ1v) is 27.1. The van der Waals surface area contributed by atoms with Gasteiger partial charge in [0.1, 0.15) is 59.7 Å². The van der Waals surface area contributed by atoms with Gasteiger partial charge in [-0.1, -0.05) is 66.7 Å². The van der Waals surface area contributed by atoms with Crippen LogP contribution in [0.15, 0.2) is 132 Å². The number of para-hydroxylation sites is 2. The lowest BCUT2D eigenvalue weighted by atomic mass is 9.88. The van der Waals surface area contributed by atoms with Gasteiger partial charge >= 0.3 is 24.3 Å². The van der Waals surface area contributed by atoms with E-state index < -0.39 is 41.8 Å². The maximum absolute atomic E-state index is 13.4. The molecule has 0 bridgehead atoms. The Balaban J connectivity index is 0.000000212. The Morgan fingerprint density at radius 3 is 1.56 bits per heavy atom. The predicted octanol–water partition coefficient (Wildman–Crippen LogP) is 7.23. The summed E-state index contributed by atoms with van der Waals surface area (Å²) in [6.07, 6.45) is -7.33. The zero-order valence-electron chi connectivity index (χ0n) is 43.9. The van der Waals surface area contributed by atoms with E-state index in [1.54, 1.807) is 30.3 Å². The highest BCUT2D eigenvalue weighted by Crippen LogP contribution is 2.45. The van der Waals surface area contributed by atoms with Crippen LogP contribution in [0.3, 0.4) is 0 Å². The van der Waals surface area contributed by atoms with Gasteiger partial charge in [0.05, 0.1) is 69.8 Å². The number of fused-ring (bicyclic) bond motifs is 2. The number of aromatic hydroxyl groups is 1. The molecule has 3 aliphatic heterocycles. The van der Waals surface area contributed by atoms with Crippen molar-refractivity contribution >= 4 is 46.6 Å². The highest BCUT2D eigenvalue weighted by Gasteiger charge is 2.47. The second-order valence-corrected chi connectivity index (χ2v) is 21.6. The highest BCUT2D eigenvalue weighted by molar-refractivity contribution is 7.12. The number of benzene rings is 4. The Hall–Kier alpha value is -7.22. The Bertz CT molecular complexity index is 2900. The van der Waals surface area contributed by atoms with Crippen LogP contribution in [0, 0.1) is 0 Å². The lowest BCUT2D eigenvalue weighted by Gasteiger charge is -2.30. The minimum atomic E-state index is -5.19. The number of hydrogen-bond acceptors (Lipinski definition) is 16. The zero-order chi connectivity index (χ0) is 59.0. The molecule has 4 atom stereocenters. The third kappa shape index (κ3) is 17.9. The van der Waals surface area contributed by atoms with Crippen LogP contribution in [-0.2, 0) is 40.9 Å². The van der Waals surface area contributed by atoms with E-state index in [4.69, 9.17) is 48.6 Å². The summed E-state index contributed by atoms with van der Waals surface area (Å²) in [5.74, 6) is -4.21. The molecule has 436 valence electrons. The molecule has 2 aromatic heterocycles.